The second-order valence-electron chi connectivity index (χ2n) is 7.95. The summed E-state index contributed by atoms with van der Waals surface area (Å²) in [5.74, 6) is -2.94. The van der Waals surface area contributed by atoms with Gasteiger partial charge in [0, 0.05) is 39.0 Å². The quantitative estimate of drug-likeness (QED) is 0.804. The van der Waals surface area contributed by atoms with Gasteiger partial charge in [0.1, 0.15) is 0 Å². The summed E-state index contributed by atoms with van der Waals surface area (Å²) in [4.78, 5) is 24.8. The number of likely N-dealkylation sites (tertiary alicyclic amines) is 1. The molecular weight excluding hydrogens is 366 g/mol. The molecule has 0 aliphatic carbocycles. The van der Waals surface area contributed by atoms with Crippen LogP contribution in [0.15, 0.2) is 24.5 Å². The van der Waals surface area contributed by atoms with Gasteiger partial charge in [-0.15, -0.1) is 0 Å². The lowest BCUT2D eigenvalue weighted by Gasteiger charge is -2.49. The van der Waals surface area contributed by atoms with E-state index in [4.69, 9.17) is 0 Å². The molecule has 0 bridgehead atoms. The molecule has 0 saturated carbocycles. The van der Waals surface area contributed by atoms with Crippen molar-refractivity contribution in [3.63, 3.8) is 0 Å². The molecule has 0 N–H and O–H groups in total. The molecule has 0 unspecified atom stereocenters. The predicted molar refractivity (Wildman–Crippen MR) is 98.8 cm³/mol. The molecule has 2 fully saturated rings. The Morgan fingerprint density at radius 3 is 2.64 bits per heavy atom. The summed E-state index contributed by atoms with van der Waals surface area (Å²) in [6, 6.07) is 3.57. The molecule has 0 radical (unpaired) electrons. The van der Waals surface area contributed by atoms with Crippen LogP contribution in [0.5, 0.6) is 0 Å². The fraction of sp³-hybridized carbons (Fsp3) is 0.579. The van der Waals surface area contributed by atoms with E-state index in [9.17, 15) is 13.6 Å². The lowest BCUT2D eigenvalue weighted by atomic mass is 9.71. The van der Waals surface area contributed by atoms with Crippen LogP contribution in [0.4, 0.5) is 14.7 Å². The standard InChI is InChI=1S/C19H24F2N6O/c1-14-9-15(25(2)24-14)10-26-8-3-5-18(16(26)28)11-19(20,21)13-27(12-18)17-22-6-4-7-23-17/h4,6-7,9H,3,5,8,10-13H2,1-2H3/t18-/m0/s1. The number of aromatic nitrogens is 4. The van der Waals surface area contributed by atoms with Gasteiger partial charge in [0.25, 0.3) is 5.92 Å². The van der Waals surface area contributed by atoms with Gasteiger partial charge in [-0.1, -0.05) is 0 Å². The fourth-order valence-corrected chi connectivity index (χ4v) is 4.52. The highest BCUT2D eigenvalue weighted by Gasteiger charge is 2.55. The summed E-state index contributed by atoms with van der Waals surface area (Å²) in [6.07, 6.45) is 3.78. The van der Waals surface area contributed by atoms with E-state index in [2.05, 4.69) is 15.1 Å². The Morgan fingerprint density at radius 2 is 1.96 bits per heavy atom. The number of piperidine rings is 2. The van der Waals surface area contributed by atoms with E-state index < -0.39 is 24.3 Å². The first-order chi connectivity index (χ1) is 13.3. The van der Waals surface area contributed by atoms with Crippen LogP contribution < -0.4 is 4.90 Å². The zero-order valence-corrected chi connectivity index (χ0v) is 16.1. The molecule has 4 rings (SSSR count). The number of rotatable bonds is 3. The van der Waals surface area contributed by atoms with Crippen molar-refractivity contribution in [1.82, 2.24) is 24.6 Å². The predicted octanol–water partition coefficient (Wildman–Crippen LogP) is 2.17. The number of hydrogen-bond donors (Lipinski definition) is 0. The van der Waals surface area contributed by atoms with Crippen LogP contribution in [-0.2, 0) is 18.4 Å². The number of hydrogen-bond acceptors (Lipinski definition) is 5. The first-order valence-electron chi connectivity index (χ1n) is 9.47. The van der Waals surface area contributed by atoms with E-state index in [1.54, 1.807) is 15.6 Å². The summed E-state index contributed by atoms with van der Waals surface area (Å²) in [5, 5.41) is 4.31. The zero-order valence-electron chi connectivity index (χ0n) is 16.1. The van der Waals surface area contributed by atoms with Gasteiger partial charge in [-0.2, -0.15) is 5.10 Å². The molecule has 1 spiro atoms. The summed E-state index contributed by atoms with van der Waals surface area (Å²) in [6.45, 7) is 2.59. The molecule has 1 amide bonds. The van der Waals surface area contributed by atoms with Gasteiger partial charge < -0.3 is 9.80 Å². The summed E-state index contributed by atoms with van der Waals surface area (Å²) < 4.78 is 31.1. The number of halogens is 2. The maximum Gasteiger partial charge on any atom is 0.266 e. The molecule has 2 aromatic rings. The van der Waals surface area contributed by atoms with Crippen molar-refractivity contribution in [2.24, 2.45) is 12.5 Å². The molecule has 7 nitrogen and oxygen atoms in total. The third-order valence-electron chi connectivity index (χ3n) is 5.62. The van der Waals surface area contributed by atoms with Gasteiger partial charge in [-0.25, -0.2) is 18.7 Å². The van der Waals surface area contributed by atoms with E-state index >= 15 is 0 Å². The number of anilines is 1. The van der Waals surface area contributed by atoms with Crippen LogP contribution >= 0.6 is 0 Å². The molecule has 28 heavy (non-hydrogen) atoms. The van der Waals surface area contributed by atoms with Gasteiger partial charge >= 0.3 is 0 Å². The number of carbonyl (C=O) groups is 1. The normalized spacial score (nSPS) is 24.8. The van der Waals surface area contributed by atoms with Crippen LogP contribution in [0, 0.1) is 12.3 Å². The largest absolute Gasteiger partial charge is 0.336 e. The fourth-order valence-electron chi connectivity index (χ4n) is 4.52. The van der Waals surface area contributed by atoms with Crippen molar-refractivity contribution in [3.05, 3.63) is 35.9 Å². The van der Waals surface area contributed by atoms with Gasteiger partial charge in [0.05, 0.1) is 29.9 Å². The SMILES string of the molecule is Cc1cc(CN2CCC[C@]3(CN(c4ncccn4)CC(F)(F)C3)C2=O)n(C)n1. The third kappa shape index (κ3) is 3.45. The number of amides is 1. The van der Waals surface area contributed by atoms with Crippen molar-refractivity contribution in [1.29, 1.82) is 0 Å². The zero-order chi connectivity index (χ0) is 19.9. The Balaban J connectivity index is 1.61. The highest BCUT2D eigenvalue weighted by Crippen LogP contribution is 2.46. The molecule has 2 aliphatic rings. The second kappa shape index (κ2) is 6.79. The molecule has 150 valence electrons. The van der Waals surface area contributed by atoms with E-state index in [1.807, 2.05) is 20.0 Å². The molecule has 0 aromatic carbocycles. The Bertz CT molecular complexity index is 871. The topological polar surface area (TPSA) is 67.2 Å². The lowest BCUT2D eigenvalue weighted by molar-refractivity contribution is -0.157. The van der Waals surface area contributed by atoms with E-state index in [1.165, 1.54) is 17.3 Å². The van der Waals surface area contributed by atoms with Crippen molar-refractivity contribution in [3.8, 4) is 0 Å². The Kier molecular flexibility index (Phi) is 4.55. The molecule has 2 aromatic heterocycles. The molecule has 2 aliphatic heterocycles. The van der Waals surface area contributed by atoms with Crippen LogP contribution in [0.25, 0.3) is 0 Å². The monoisotopic (exact) mass is 390 g/mol. The average Bonchev–Trinajstić information content (AvgIpc) is 2.96. The van der Waals surface area contributed by atoms with Gasteiger partial charge in [-0.3, -0.25) is 9.48 Å². The molecule has 1 atom stereocenters. The Morgan fingerprint density at radius 1 is 1.21 bits per heavy atom. The summed E-state index contributed by atoms with van der Waals surface area (Å²) >= 11 is 0. The van der Waals surface area contributed by atoms with E-state index in [0.717, 1.165) is 11.4 Å². The van der Waals surface area contributed by atoms with E-state index in [0.29, 0.717) is 25.9 Å². The number of alkyl halides is 2. The third-order valence-corrected chi connectivity index (χ3v) is 5.62. The molecule has 2 saturated heterocycles. The van der Waals surface area contributed by atoms with Crippen LogP contribution in [0.3, 0.4) is 0 Å². The average molecular weight is 390 g/mol. The first-order valence-corrected chi connectivity index (χ1v) is 9.47. The minimum Gasteiger partial charge on any atom is -0.336 e. The lowest BCUT2D eigenvalue weighted by Crippen LogP contribution is -2.61. The maximum atomic E-state index is 14.7. The van der Waals surface area contributed by atoms with Crippen LogP contribution in [0.1, 0.15) is 30.7 Å². The smallest absolute Gasteiger partial charge is 0.266 e. The number of nitrogens with zero attached hydrogens (tertiary/aromatic N) is 6. The number of aryl methyl sites for hydroxylation is 2. The van der Waals surface area contributed by atoms with Crippen LogP contribution in [0.2, 0.25) is 0 Å². The highest BCUT2D eigenvalue weighted by atomic mass is 19.3. The Labute approximate surface area is 162 Å². The maximum absolute atomic E-state index is 14.7. The van der Waals surface area contributed by atoms with Crippen molar-refractivity contribution < 1.29 is 13.6 Å². The summed E-state index contributed by atoms with van der Waals surface area (Å²) in [7, 11) is 1.83. The van der Waals surface area contributed by atoms with Crippen molar-refractivity contribution >= 4 is 11.9 Å². The van der Waals surface area contributed by atoms with Gasteiger partial charge in [0.15, 0.2) is 0 Å². The van der Waals surface area contributed by atoms with Gasteiger partial charge in [-0.05, 0) is 31.9 Å². The first kappa shape index (κ1) is 18.8. The number of carbonyl (C=O) groups excluding carboxylic acids is 1. The summed E-state index contributed by atoms with van der Waals surface area (Å²) in [5.41, 5.74) is 0.648. The minimum absolute atomic E-state index is 0.210. The van der Waals surface area contributed by atoms with E-state index in [-0.39, 0.29) is 18.4 Å². The molecule has 4 heterocycles. The Hall–Kier alpha value is -2.58. The van der Waals surface area contributed by atoms with Gasteiger partial charge in [0.2, 0.25) is 11.9 Å². The van der Waals surface area contributed by atoms with Crippen molar-refractivity contribution in [2.45, 2.75) is 38.7 Å². The molecular formula is C19H24F2N6O. The highest BCUT2D eigenvalue weighted by molar-refractivity contribution is 5.84. The van der Waals surface area contributed by atoms with Crippen molar-refractivity contribution in [2.75, 3.05) is 24.5 Å². The second-order valence-corrected chi connectivity index (χ2v) is 7.95. The minimum atomic E-state index is -2.97. The molecule has 9 heteroatoms. The van der Waals surface area contributed by atoms with Crippen LogP contribution in [-0.4, -0.2) is 56.1 Å².